The van der Waals surface area contributed by atoms with Gasteiger partial charge in [0.15, 0.2) is 4.80 Å². The maximum Gasteiger partial charge on any atom is 0.416 e. The maximum absolute atomic E-state index is 13.0. The topological polar surface area (TPSA) is 60.7 Å². The molecule has 28 heavy (non-hydrogen) atoms. The van der Waals surface area contributed by atoms with E-state index >= 15 is 0 Å². The Balaban J connectivity index is 2.74. The first kappa shape index (κ1) is 22.2. The molecule has 0 atom stereocenters. The maximum atomic E-state index is 13.0. The molecule has 2 rings (SSSR count). The normalized spacial score (nSPS) is 12.3. The molecule has 0 unspecified atom stereocenters. The van der Waals surface area contributed by atoms with E-state index < -0.39 is 23.6 Å². The molecule has 0 fully saturated rings. The Morgan fingerprint density at radius 2 is 1.89 bits per heavy atom. The van der Waals surface area contributed by atoms with Crippen molar-refractivity contribution < 1.29 is 27.5 Å². The lowest BCUT2D eigenvalue weighted by molar-refractivity contribution is -0.137. The van der Waals surface area contributed by atoms with Crippen molar-refractivity contribution in [1.82, 2.24) is 4.57 Å². The molecule has 0 saturated carbocycles. The van der Waals surface area contributed by atoms with E-state index in [9.17, 15) is 22.8 Å². The third-order valence-electron chi connectivity index (χ3n) is 3.71. The molecule has 0 radical (unpaired) electrons. The van der Waals surface area contributed by atoms with Crippen LogP contribution in [0.2, 0.25) is 5.02 Å². The van der Waals surface area contributed by atoms with Crippen LogP contribution in [0.1, 0.15) is 48.8 Å². The lowest BCUT2D eigenvalue weighted by Gasteiger charge is -2.09. The van der Waals surface area contributed by atoms with Gasteiger partial charge in [0.1, 0.15) is 0 Å². The molecule has 0 aliphatic rings. The summed E-state index contributed by atoms with van der Waals surface area (Å²) < 4.78 is 45.4. The van der Waals surface area contributed by atoms with Crippen molar-refractivity contribution in [3.8, 4) is 5.88 Å². The molecular weight excluding hydrogens is 417 g/mol. The van der Waals surface area contributed by atoms with Gasteiger partial charge in [-0.15, -0.1) is 0 Å². The first-order valence-electron chi connectivity index (χ1n) is 8.52. The third-order valence-corrected chi connectivity index (χ3v) is 5.19. The molecule has 1 heterocycles. The highest BCUT2D eigenvalue weighted by Crippen LogP contribution is 2.35. The number of halogens is 4. The second-order valence-electron chi connectivity index (χ2n) is 5.65. The Morgan fingerprint density at radius 1 is 1.21 bits per heavy atom. The number of hydrogen-bond acceptors (Lipinski definition) is 5. The van der Waals surface area contributed by atoms with Crippen LogP contribution in [0, 0.1) is 0 Å². The zero-order chi connectivity index (χ0) is 21.1. The predicted octanol–water partition coefficient (Wildman–Crippen LogP) is 5.38. The number of ether oxygens (including phenoxy) is 1. The van der Waals surface area contributed by atoms with Crippen LogP contribution in [-0.4, -0.2) is 16.4 Å². The van der Waals surface area contributed by atoms with E-state index in [1.165, 1.54) is 0 Å². The number of carbonyl (C=O) groups excluding carboxylic acids is 2. The van der Waals surface area contributed by atoms with Gasteiger partial charge in [-0.3, -0.25) is 9.59 Å². The molecule has 2 aromatic rings. The van der Waals surface area contributed by atoms with Gasteiger partial charge >= 0.3 is 12.1 Å². The fourth-order valence-corrected chi connectivity index (χ4v) is 3.41. The van der Waals surface area contributed by atoms with Crippen LogP contribution in [0.25, 0.3) is 0 Å². The van der Waals surface area contributed by atoms with Crippen molar-refractivity contribution in [2.45, 2.75) is 46.2 Å². The Kier molecular flexibility index (Phi) is 7.06. The zero-order valence-corrected chi connectivity index (χ0v) is 17.0. The molecule has 0 aliphatic heterocycles. The van der Waals surface area contributed by atoms with E-state index in [1.807, 2.05) is 0 Å². The predicted molar refractivity (Wildman–Crippen MR) is 100 cm³/mol. The van der Waals surface area contributed by atoms with E-state index in [0.29, 0.717) is 11.3 Å². The Bertz CT molecular complexity index is 964. The lowest BCUT2D eigenvalue weighted by atomic mass is 10.2. The van der Waals surface area contributed by atoms with Gasteiger partial charge < -0.3 is 4.74 Å². The molecule has 0 N–H and O–H groups in total. The molecule has 0 spiro atoms. The number of rotatable bonds is 5. The van der Waals surface area contributed by atoms with Crippen LogP contribution < -0.4 is 9.54 Å². The highest BCUT2D eigenvalue weighted by atomic mass is 35.5. The second kappa shape index (κ2) is 8.91. The van der Waals surface area contributed by atoms with Gasteiger partial charge in [-0.1, -0.05) is 43.7 Å². The molecule has 1 aromatic heterocycles. The quantitative estimate of drug-likeness (QED) is 0.593. The summed E-state index contributed by atoms with van der Waals surface area (Å²) in [5.74, 6) is -0.890. The van der Waals surface area contributed by atoms with Crippen molar-refractivity contribution in [3.05, 3.63) is 38.5 Å². The summed E-state index contributed by atoms with van der Waals surface area (Å²) in [4.78, 5) is 29.1. The Labute approximate surface area is 168 Å². The van der Waals surface area contributed by atoms with E-state index in [-0.39, 0.29) is 34.2 Å². The van der Waals surface area contributed by atoms with Gasteiger partial charge in [0.2, 0.25) is 11.8 Å². The lowest BCUT2D eigenvalue weighted by Crippen LogP contribution is -2.24. The summed E-state index contributed by atoms with van der Waals surface area (Å²) in [6.45, 7) is 5.03. The van der Waals surface area contributed by atoms with Gasteiger partial charge in [0.25, 0.3) is 0 Å². The van der Waals surface area contributed by atoms with Crippen LogP contribution in [0.5, 0.6) is 5.88 Å². The molecule has 0 saturated heterocycles. The Hall–Kier alpha value is -2.13. The van der Waals surface area contributed by atoms with Crippen molar-refractivity contribution in [3.63, 3.8) is 0 Å². The number of hydrogen-bond donors (Lipinski definition) is 0. The number of nitrogens with zero attached hydrogens (tertiary/aromatic N) is 2. The van der Waals surface area contributed by atoms with Crippen molar-refractivity contribution in [2.24, 2.45) is 4.99 Å². The molecule has 152 valence electrons. The van der Waals surface area contributed by atoms with Crippen LogP contribution in [0.15, 0.2) is 23.2 Å². The summed E-state index contributed by atoms with van der Waals surface area (Å²) in [5.41, 5.74) is -1.04. The monoisotopic (exact) mass is 434 g/mol. The van der Waals surface area contributed by atoms with E-state index in [2.05, 4.69) is 4.99 Å². The molecular formula is C18H18ClF3N2O3S. The standard InChI is InChI=1S/C18H18ClF3N2O3S/c1-4-13-16(27-15(26)6-3)24(14(25)5-2)17(28-13)23-12-9-10(18(20,21)22)7-8-11(12)19/h7-9H,4-6H2,1-3H3. The highest BCUT2D eigenvalue weighted by molar-refractivity contribution is 7.09. The average Bonchev–Trinajstić information content (AvgIpc) is 2.98. The first-order chi connectivity index (χ1) is 13.1. The van der Waals surface area contributed by atoms with Crippen molar-refractivity contribution >= 4 is 40.5 Å². The van der Waals surface area contributed by atoms with Crippen LogP contribution in [0.3, 0.4) is 0 Å². The minimum Gasteiger partial charge on any atom is -0.408 e. The first-order valence-corrected chi connectivity index (χ1v) is 9.71. The Morgan fingerprint density at radius 3 is 2.43 bits per heavy atom. The molecule has 0 amide bonds. The van der Waals surface area contributed by atoms with Gasteiger partial charge in [-0.2, -0.15) is 13.2 Å². The SMILES string of the molecule is CCC(=O)Oc1c(CC)sc(=Nc2cc(C(F)(F)F)ccc2Cl)n1C(=O)CC. The van der Waals surface area contributed by atoms with Gasteiger partial charge in [0.05, 0.1) is 21.2 Å². The number of aromatic nitrogens is 1. The molecule has 5 nitrogen and oxygen atoms in total. The minimum atomic E-state index is -4.56. The fourth-order valence-electron chi connectivity index (χ4n) is 2.25. The largest absolute Gasteiger partial charge is 0.416 e. The van der Waals surface area contributed by atoms with E-state index in [1.54, 1.807) is 20.8 Å². The molecule has 0 aliphatic carbocycles. The van der Waals surface area contributed by atoms with Gasteiger partial charge in [-0.25, -0.2) is 9.56 Å². The zero-order valence-electron chi connectivity index (χ0n) is 15.4. The molecule has 1 aromatic carbocycles. The minimum absolute atomic E-state index is 0.00190. The number of carbonyl (C=O) groups is 2. The van der Waals surface area contributed by atoms with E-state index in [4.69, 9.17) is 16.3 Å². The highest BCUT2D eigenvalue weighted by Gasteiger charge is 2.31. The summed E-state index contributed by atoms with van der Waals surface area (Å²) in [5, 5.41) is 0.00190. The third kappa shape index (κ3) is 4.82. The van der Waals surface area contributed by atoms with Crippen LogP contribution in [-0.2, 0) is 17.4 Å². The number of thiazole rings is 1. The summed E-state index contributed by atoms with van der Waals surface area (Å²) >= 11 is 7.07. The van der Waals surface area contributed by atoms with Gasteiger partial charge in [-0.05, 0) is 24.6 Å². The van der Waals surface area contributed by atoms with Crippen molar-refractivity contribution in [1.29, 1.82) is 0 Å². The number of benzene rings is 1. The van der Waals surface area contributed by atoms with Crippen LogP contribution in [0.4, 0.5) is 18.9 Å². The summed E-state index contributed by atoms with van der Waals surface area (Å²) in [6.07, 6.45) is -3.93. The summed E-state index contributed by atoms with van der Waals surface area (Å²) in [7, 11) is 0. The summed E-state index contributed by atoms with van der Waals surface area (Å²) in [6, 6.07) is 2.76. The van der Waals surface area contributed by atoms with Crippen LogP contribution >= 0.6 is 22.9 Å². The van der Waals surface area contributed by atoms with Crippen molar-refractivity contribution in [2.75, 3.05) is 0 Å². The van der Waals surface area contributed by atoms with E-state index in [0.717, 1.165) is 34.1 Å². The fraction of sp³-hybridized carbons (Fsp3) is 0.389. The molecule has 10 heteroatoms. The smallest absolute Gasteiger partial charge is 0.408 e. The molecule has 0 bridgehead atoms. The second-order valence-corrected chi connectivity index (χ2v) is 7.12. The number of alkyl halides is 3. The number of aryl methyl sites for hydroxylation is 1. The number of esters is 1. The average molecular weight is 435 g/mol. The van der Waals surface area contributed by atoms with Gasteiger partial charge in [0, 0.05) is 12.8 Å².